The molecule has 2 amide bonds. The lowest BCUT2D eigenvalue weighted by atomic mass is 9.89. The molecule has 41 heavy (non-hydrogen) atoms. The molecule has 3 rings (SSSR count). The lowest BCUT2D eigenvalue weighted by molar-refractivity contribution is -0.127. The minimum Gasteiger partial charge on any atom is -0.388 e. The fourth-order valence-electron chi connectivity index (χ4n) is 4.89. The first-order valence-electron chi connectivity index (χ1n) is 14.0. The molecule has 1 aromatic heterocycles. The average Bonchev–Trinajstić information content (AvgIpc) is 3.44. The molecule has 0 bridgehead atoms. The van der Waals surface area contributed by atoms with Gasteiger partial charge in [-0.3, -0.25) is 9.59 Å². The van der Waals surface area contributed by atoms with E-state index in [0.717, 1.165) is 36.6 Å². The smallest absolute Gasteiger partial charge is 0.251 e. The van der Waals surface area contributed by atoms with E-state index < -0.39 is 35.8 Å². The molecule has 3 N–H and O–H groups in total. The molecule has 0 radical (unpaired) electrons. The summed E-state index contributed by atoms with van der Waals surface area (Å²) in [4.78, 5) is 28.5. The Hall–Kier alpha value is -2.92. The molecule has 2 aromatic rings. The van der Waals surface area contributed by atoms with Crippen molar-refractivity contribution in [2.75, 3.05) is 19.7 Å². The van der Waals surface area contributed by atoms with Gasteiger partial charge < -0.3 is 25.2 Å². The zero-order chi connectivity index (χ0) is 29.9. The van der Waals surface area contributed by atoms with Crippen LogP contribution in [-0.4, -0.2) is 64.9 Å². The number of amides is 2. The normalized spacial score (nSPS) is 17.3. The van der Waals surface area contributed by atoms with E-state index in [1.54, 1.807) is 17.1 Å². The van der Waals surface area contributed by atoms with Gasteiger partial charge in [-0.2, -0.15) is 11.3 Å². The van der Waals surface area contributed by atoms with Gasteiger partial charge in [-0.05, 0) is 77.8 Å². The van der Waals surface area contributed by atoms with Crippen molar-refractivity contribution >= 4 is 23.2 Å². The summed E-state index contributed by atoms with van der Waals surface area (Å²) in [5, 5.41) is 28.3. The van der Waals surface area contributed by atoms with Crippen molar-refractivity contribution in [2.24, 2.45) is 5.92 Å². The number of hydrogen-bond donors (Lipinski definition) is 3. The van der Waals surface area contributed by atoms with Gasteiger partial charge in [-0.25, -0.2) is 8.78 Å². The molecule has 224 valence electrons. The quantitative estimate of drug-likeness (QED) is 0.283. The summed E-state index contributed by atoms with van der Waals surface area (Å²) in [5.41, 5.74) is 1.90. The van der Waals surface area contributed by atoms with Gasteiger partial charge >= 0.3 is 0 Å². The molecule has 0 spiro atoms. The predicted molar refractivity (Wildman–Crippen MR) is 155 cm³/mol. The van der Waals surface area contributed by atoms with Crippen LogP contribution in [0.4, 0.5) is 8.78 Å². The van der Waals surface area contributed by atoms with Crippen molar-refractivity contribution in [3.63, 3.8) is 0 Å². The molecule has 1 aromatic carbocycles. The number of rotatable bonds is 15. The second-order valence-electron chi connectivity index (χ2n) is 10.5. The Labute approximate surface area is 244 Å². The SMILES string of the molecule is CCCN(CCC)C(=O)C1=CC(C(=O)N[C@@H](Cc2cc(F)cc(F)c2)[C@@H](O)C(O)COCc2ccsc2)=CC(C)C1. The monoisotopic (exact) mass is 590 g/mol. The van der Waals surface area contributed by atoms with E-state index in [0.29, 0.717) is 25.1 Å². The van der Waals surface area contributed by atoms with Crippen LogP contribution in [0.2, 0.25) is 0 Å². The number of ether oxygens (including phenoxy) is 1. The highest BCUT2D eigenvalue weighted by atomic mass is 32.1. The molecule has 0 saturated heterocycles. The molecule has 2 unspecified atom stereocenters. The average molecular weight is 591 g/mol. The van der Waals surface area contributed by atoms with Crippen LogP contribution in [0, 0.1) is 17.6 Å². The Morgan fingerprint density at radius 2 is 1.80 bits per heavy atom. The summed E-state index contributed by atoms with van der Waals surface area (Å²) >= 11 is 1.51. The molecule has 1 heterocycles. The Morgan fingerprint density at radius 1 is 1.12 bits per heavy atom. The van der Waals surface area contributed by atoms with E-state index in [1.165, 1.54) is 11.3 Å². The minimum absolute atomic E-state index is 0.0819. The van der Waals surface area contributed by atoms with Gasteiger partial charge in [0.2, 0.25) is 5.91 Å². The highest BCUT2D eigenvalue weighted by Gasteiger charge is 2.31. The number of hydrogen-bond acceptors (Lipinski definition) is 6. The summed E-state index contributed by atoms with van der Waals surface area (Å²) < 4.78 is 33.4. The van der Waals surface area contributed by atoms with Crippen LogP contribution in [0.5, 0.6) is 0 Å². The Balaban J connectivity index is 1.79. The summed E-state index contributed by atoms with van der Waals surface area (Å²) in [5.74, 6) is -2.34. The standard InChI is InChI=1S/C31H40F2N2O5S/c1-4-7-35(8-5-2)31(39)24-11-20(3)10-23(15-24)30(38)34-27(14-22-12-25(32)16-26(33)13-22)29(37)28(36)18-40-17-21-6-9-41-19-21/h6,9-10,12-13,15-16,19-20,27-29,36-37H,4-5,7-8,11,14,17-18H2,1-3H3,(H,34,38)/t20?,27-,28?,29+/m0/s1. The number of aliphatic hydroxyl groups is 2. The largest absolute Gasteiger partial charge is 0.388 e. The van der Waals surface area contributed by atoms with Crippen molar-refractivity contribution in [3.8, 4) is 0 Å². The van der Waals surface area contributed by atoms with Crippen molar-refractivity contribution in [1.29, 1.82) is 0 Å². The number of nitrogens with one attached hydrogen (secondary N) is 1. The molecule has 0 aliphatic heterocycles. The molecule has 1 aliphatic rings. The fraction of sp³-hybridized carbons (Fsp3) is 0.484. The van der Waals surface area contributed by atoms with Gasteiger partial charge in [-0.15, -0.1) is 0 Å². The van der Waals surface area contributed by atoms with Crippen molar-refractivity contribution in [3.05, 3.63) is 81.1 Å². The second-order valence-corrected chi connectivity index (χ2v) is 11.3. The molecule has 0 fully saturated rings. The number of aliphatic hydroxyl groups excluding tert-OH is 2. The maximum atomic E-state index is 13.9. The third kappa shape index (κ3) is 9.85. The molecule has 4 atom stereocenters. The van der Waals surface area contributed by atoms with Crippen LogP contribution < -0.4 is 5.32 Å². The predicted octanol–water partition coefficient (Wildman–Crippen LogP) is 4.53. The third-order valence-electron chi connectivity index (χ3n) is 6.79. The van der Waals surface area contributed by atoms with Crippen LogP contribution in [0.15, 0.2) is 58.3 Å². The summed E-state index contributed by atoms with van der Waals surface area (Å²) in [6.07, 6.45) is 2.40. The number of thiophene rings is 1. The van der Waals surface area contributed by atoms with Gasteiger partial charge in [0.15, 0.2) is 0 Å². The van der Waals surface area contributed by atoms with Gasteiger partial charge in [0, 0.05) is 30.3 Å². The number of carbonyl (C=O) groups is 2. The van der Waals surface area contributed by atoms with E-state index in [9.17, 15) is 28.6 Å². The van der Waals surface area contributed by atoms with E-state index in [2.05, 4.69) is 5.32 Å². The Bertz CT molecular complexity index is 1190. The summed E-state index contributed by atoms with van der Waals surface area (Å²) in [6.45, 7) is 7.17. The van der Waals surface area contributed by atoms with E-state index in [1.807, 2.05) is 37.6 Å². The Morgan fingerprint density at radius 3 is 2.41 bits per heavy atom. The van der Waals surface area contributed by atoms with Crippen molar-refractivity contribution < 1.29 is 33.3 Å². The number of halogens is 2. The molecular weight excluding hydrogens is 550 g/mol. The molecule has 1 aliphatic carbocycles. The fourth-order valence-corrected chi connectivity index (χ4v) is 5.54. The summed E-state index contributed by atoms with van der Waals surface area (Å²) in [6, 6.07) is 3.74. The molecular formula is C31H40F2N2O5S. The highest BCUT2D eigenvalue weighted by Crippen LogP contribution is 2.25. The highest BCUT2D eigenvalue weighted by molar-refractivity contribution is 7.07. The van der Waals surface area contributed by atoms with E-state index in [-0.39, 0.29) is 42.6 Å². The van der Waals surface area contributed by atoms with Gasteiger partial charge in [-0.1, -0.05) is 26.8 Å². The van der Waals surface area contributed by atoms with Crippen LogP contribution in [0.25, 0.3) is 0 Å². The Kier molecular flexibility index (Phi) is 12.6. The first-order chi connectivity index (χ1) is 19.6. The lowest BCUT2D eigenvalue weighted by Gasteiger charge is -2.29. The number of nitrogens with zero attached hydrogens (tertiary/aromatic N) is 1. The second kappa shape index (κ2) is 15.9. The zero-order valence-corrected chi connectivity index (χ0v) is 24.6. The third-order valence-corrected chi connectivity index (χ3v) is 7.52. The molecule has 10 heteroatoms. The van der Waals surface area contributed by atoms with Crippen LogP contribution in [0.1, 0.15) is 51.2 Å². The van der Waals surface area contributed by atoms with Crippen LogP contribution in [-0.2, 0) is 27.4 Å². The minimum atomic E-state index is -1.51. The van der Waals surface area contributed by atoms with Gasteiger partial charge in [0.25, 0.3) is 5.91 Å². The zero-order valence-electron chi connectivity index (χ0n) is 23.8. The van der Waals surface area contributed by atoms with Crippen LogP contribution >= 0.6 is 11.3 Å². The lowest BCUT2D eigenvalue weighted by Crippen LogP contribution is -2.51. The number of benzene rings is 1. The first kappa shape index (κ1) is 32.6. The molecule has 0 saturated carbocycles. The van der Waals surface area contributed by atoms with E-state index >= 15 is 0 Å². The summed E-state index contributed by atoms with van der Waals surface area (Å²) in [7, 11) is 0. The van der Waals surface area contributed by atoms with Crippen molar-refractivity contribution in [2.45, 2.75) is 71.3 Å². The number of allylic oxidation sites excluding steroid dienone is 1. The first-order valence-corrected chi connectivity index (χ1v) is 15.0. The van der Waals surface area contributed by atoms with Crippen LogP contribution in [0.3, 0.4) is 0 Å². The topological polar surface area (TPSA) is 99.1 Å². The van der Waals surface area contributed by atoms with Crippen molar-refractivity contribution in [1.82, 2.24) is 10.2 Å². The van der Waals surface area contributed by atoms with Gasteiger partial charge in [0.05, 0.1) is 19.3 Å². The maximum absolute atomic E-state index is 13.9. The van der Waals surface area contributed by atoms with E-state index in [4.69, 9.17) is 4.74 Å². The molecule has 7 nitrogen and oxygen atoms in total. The number of carbonyl (C=O) groups excluding carboxylic acids is 2. The van der Waals surface area contributed by atoms with Gasteiger partial charge in [0.1, 0.15) is 23.8 Å². The maximum Gasteiger partial charge on any atom is 0.251 e.